The highest BCUT2D eigenvalue weighted by Crippen LogP contribution is 2.27. The van der Waals surface area contributed by atoms with Gasteiger partial charge in [-0.1, -0.05) is 20.8 Å². The van der Waals surface area contributed by atoms with Crippen LogP contribution < -0.4 is 5.32 Å². The van der Waals surface area contributed by atoms with E-state index in [0.29, 0.717) is 5.41 Å². The molecule has 1 rings (SSSR count). The second-order valence-electron chi connectivity index (χ2n) is 5.26. The van der Waals surface area contributed by atoms with Crippen molar-refractivity contribution in [3.8, 4) is 0 Å². The van der Waals surface area contributed by atoms with Crippen molar-refractivity contribution in [1.29, 1.82) is 0 Å². The van der Waals surface area contributed by atoms with Crippen LogP contribution in [0.3, 0.4) is 0 Å². The lowest BCUT2D eigenvalue weighted by molar-refractivity contribution is 0.149. The summed E-state index contributed by atoms with van der Waals surface area (Å²) in [6.07, 6.45) is 2.46. The Balaban J connectivity index is 2.22. The van der Waals surface area contributed by atoms with Gasteiger partial charge in [0.05, 0.1) is 0 Å². The van der Waals surface area contributed by atoms with Crippen LogP contribution in [-0.4, -0.2) is 37.3 Å². The van der Waals surface area contributed by atoms with Crippen LogP contribution in [0.5, 0.6) is 0 Å². The van der Waals surface area contributed by atoms with Crippen molar-refractivity contribution in [3.05, 3.63) is 0 Å². The third-order valence-electron chi connectivity index (χ3n) is 3.20. The van der Waals surface area contributed by atoms with E-state index in [2.05, 4.69) is 37.8 Å². The second kappa shape index (κ2) is 6.12. The van der Waals surface area contributed by atoms with E-state index in [0.717, 1.165) is 30.9 Å². The molecule has 0 saturated carbocycles. The average molecular weight is 231 g/mol. The van der Waals surface area contributed by atoms with Crippen LogP contribution in [0.2, 0.25) is 0 Å². The van der Waals surface area contributed by atoms with Gasteiger partial charge < -0.3 is 10.1 Å². The van der Waals surface area contributed by atoms with Crippen LogP contribution in [0.25, 0.3) is 0 Å². The summed E-state index contributed by atoms with van der Waals surface area (Å²) in [7, 11) is 1.78. The SMILES string of the molecule is COCCC(C)(C)CNC1CCSC1C. The molecule has 0 amide bonds. The Bertz CT molecular complexity index is 184. The molecule has 1 fully saturated rings. The Kier molecular flexibility index (Phi) is 5.44. The van der Waals surface area contributed by atoms with Gasteiger partial charge in [-0.25, -0.2) is 0 Å². The maximum absolute atomic E-state index is 5.14. The summed E-state index contributed by atoms with van der Waals surface area (Å²) in [5, 5.41) is 4.48. The molecule has 2 nitrogen and oxygen atoms in total. The lowest BCUT2D eigenvalue weighted by atomic mass is 9.89. The zero-order chi connectivity index (χ0) is 11.3. The first-order valence-corrected chi connectivity index (χ1v) is 6.94. The molecule has 1 aliphatic rings. The average Bonchev–Trinajstić information content (AvgIpc) is 2.58. The van der Waals surface area contributed by atoms with Crippen LogP contribution >= 0.6 is 11.8 Å². The van der Waals surface area contributed by atoms with Crippen molar-refractivity contribution in [2.24, 2.45) is 5.41 Å². The Labute approximate surface area is 98.5 Å². The summed E-state index contributed by atoms with van der Waals surface area (Å²) in [4.78, 5) is 0. The van der Waals surface area contributed by atoms with Crippen LogP contribution in [0, 0.1) is 5.41 Å². The van der Waals surface area contributed by atoms with Crippen LogP contribution in [0.15, 0.2) is 0 Å². The van der Waals surface area contributed by atoms with Gasteiger partial charge in [-0.05, 0) is 24.0 Å². The Morgan fingerprint density at radius 1 is 1.47 bits per heavy atom. The number of hydrogen-bond donors (Lipinski definition) is 1. The van der Waals surface area contributed by atoms with E-state index < -0.39 is 0 Å². The molecule has 0 aromatic rings. The van der Waals surface area contributed by atoms with Gasteiger partial charge in [0.2, 0.25) is 0 Å². The van der Waals surface area contributed by atoms with Crippen LogP contribution in [0.4, 0.5) is 0 Å². The third kappa shape index (κ3) is 4.75. The van der Waals surface area contributed by atoms with E-state index in [1.54, 1.807) is 7.11 Å². The number of rotatable bonds is 6. The molecule has 1 N–H and O–H groups in total. The fraction of sp³-hybridized carbons (Fsp3) is 1.00. The maximum atomic E-state index is 5.14. The Morgan fingerprint density at radius 3 is 2.73 bits per heavy atom. The fourth-order valence-electron chi connectivity index (χ4n) is 1.87. The van der Waals surface area contributed by atoms with Crippen molar-refractivity contribution >= 4 is 11.8 Å². The molecular formula is C12H25NOS. The minimum absolute atomic E-state index is 0.350. The second-order valence-corrected chi connectivity index (χ2v) is 6.74. The monoisotopic (exact) mass is 231 g/mol. The minimum Gasteiger partial charge on any atom is -0.385 e. The largest absolute Gasteiger partial charge is 0.385 e. The highest BCUT2D eigenvalue weighted by Gasteiger charge is 2.26. The molecule has 0 aromatic carbocycles. The van der Waals surface area contributed by atoms with Crippen LogP contribution in [-0.2, 0) is 4.74 Å². The van der Waals surface area contributed by atoms with Gasteiger partial charge in [0, 0.05) is 31.6 Å². The van der Waals surface area contributed by atoms with Crippen molar-refractivity contribution in [1.82, 2.24) is 5.32 Å². The zero-order valence-corrected chi connectivity index (χ0v) is 11.3. The van der Waals surface area contributed by atoms with Crippen molar-refractivity contribution in [3.63, 3.8) is 0 Å². The molecule has 90 valence electrons. The highest BCUT2D eigenvalue weighted by molar-refractivity contribution is 8.00. The zero-order valence-electron chi connectivity index (χ0n) is 10.5. The summed E-state index contributed by atoms with van der Waals surface area (Å²) in [6, 6.07) is 0.719. The molecule has 0 radical (unpaired) electrons. The molecular weight excluding hydrogens is 206 g/mol. The van der Waals surface area contributed by atoms with Gasteiger partial charge in [0.15, 0.2) is 0 Å². The molecule has 0 aromatic heterocycles. The topological polar surface area (TPSA) is 21.3 Å². The lowest BCUT2D eigenvalue weighted by Crippen LogP contribution is -2.40. The predicted octanol–water partition coefficient (Wildman–Crippen LogP) is 2.53. The molecule has 1 saturated heterocycles. The minimum atomic E-state index is 0.350. The molecule has 1 aliphatic heterocycles. The summed E-state index contributed by atoms with van der Waals surface area (Å²) in [5.74, 6) is 1.32. The fourth-order valence-corrected chi connectivity index (χ4v) is 3.10. The normalized spacial score (nSPS) is 27.2. The van der Waals surface area contributed by atoms with Crippen molar-refractivity contribution in [2.45, 2.75) is 44.9 Å². The first-order valence-electron chi connectivity index (χ1n) is 5.89. The lowest BCUT2D eigenvalue weighted by Gasteiger charge is -2.28. The maximum Gasteiger partial charge on any atom is 0.0467 e. The number of nitrogens with one attached hydrogen (secondary N) is 1. The number of methoxy groups -OCH3 is 1. The molecule has 0 aliphatic carbocycles. The molecule has 0 bridgehead atoms. The van der Waals surface area contributed by atoms with E-state index in [-0.39, 0.29) is 0 Å². The van der Waals surface area contributed by atoms with E-state index in [1.165, 1.54) is 12.2 Å². The highest BCUT2D eigenvalue weighted by atomic mass is 32.2. The summed E-state index contributed by atoms with van der Waals surface area (Å²) < 4.78 is 5.14. The van der Waals surface area contributed by atoms with Gasteiger partial charge >= 0.3 is 0 Å². The van der Waals surface area contributed by atoms with Crippen molar-refractivity contribution < 1.29 is 4.74 Å². The summed E-state index contributed by atoms with van der Waals surface area (Å²) in [5.41, 5.74) is 0.350. The molecule has 1 heterocycles. The molecule has 0 spiro atoms. The van der Waals surface area contributed by atoms with E-state index in [1.807, 2.05) is 0 Å². The smallest absolute Gasteiger partial charge is 0.0467 e. The van der Waals surface area contributed by atoms with Gasteiger partial charge in [-0.15, -0.1) is 0 Å². The molecule has 3 heteroatoms. The summed E-state index contributed by atoms with van der Waals surface area (Å²) in [6.45, 7) is 8.92. The van der Waals surface area contributed by atoms with Gasteiger partial charge in [0.1, 0.15) is 0 Å². The van der Waals surface area contributed by atoms with Crippen LogP contribution in [0.1, 0.15) is 33.6 Å². The third-order valence-corrected chi connectivity index (χ3v) is 4.53. The Hall–Kier alpha value is 0.270. The first-order chi connectivity index (χ1) is 7.05. The first kappa shape index (κ1) is 13.3. The number of hydrogen-bond acceptors (Lipinski definition) is 3. The quantitative estimate of drug-likeness (QED) is 0.759. The van der Waals surface area contributed by atoms with Gasteiger partial charge in [0.25, 0.3) is 0 Å². The predicted molar refractivity (Wildman–Crippen MR) is 68.6 cm³/mol. The van der Waals surface area contributed by atoms with Gasteiger partial charge in [-0.2, -0.15) is 11.8 Å². The standard InChI is InChI=1S/C12H25NOS/c1-10-11(5-8-15-10)13-9-12(2,3)6-7-14-4/h10-11,13H,5-9H2,1-4H3. The number of ether oxygens (including phenoxy) is 1. The molecule has 2 atom stereocenters. The molecule has 15 heavy (non-hydrogen) atoms. The van der Waals surface area contributed by atoms with Crippen molar-refractivity contribution in [2.75, 3.05) is 26.0 Å². The summed E-state index contributed by atoms with van der Waals surface area (Å²) >= 11 is 2.09. The van der Waals surface area contributed by atoms with E-state index in [4.69, 9.17) is 4.74 Å². The Morgan fingerprint density at radius 2 is 2.20 bits per heavy atom. The number of thioether (sulfide) groups is 1. The van der Waals surface area contributed by atoms with E-state index in [9.17, 15) is 0 Å². The van der Waals surface area contributed by atoms with Gasteiger partial charge in [-0.3, -0.25) is 0 Å². The van der Waals surface area contributed by atoms with E-state index >= 15 is 0 Å². The molecule has 2 unspecified atom stereocenters.